The Morgan fingerprint density at radius 1 is 1.24 bits per heavy atom. The van der Waals surface area contributed by atoms with Gasteiger partial charge in [-0.15, -0.1) is 0 Å². The van der Waals surface area contributed by atoms with E-state index < -0.39 is 6.09 Å². The second-order valence-corrected chi connectivity index (χ2v) is 4.91. The summed E-state index contributed by atoms with van der Waals surface area (Å²) >= 11 is 0. The highest BCUT2D eigenvalue weighted by molar-refractivity contribution is 5.94. The number of carbonyl (C=O) groups is 2. The van der Waals surface area contributed by atoms with Crippen molar-refractivity contribution in [2.45, 2.75) is 20.1 Å². The molecule has 6 nitrogen and oxygen atoms in total. The lowest BCUT2D eigenvalue weighted by Crippen LogP contribution is -2.44. The van der Waals surface area contributed by atoms with Gasteiger partial charge in [0.15, 0.2) is 12.0 Å². The van der Waals surface area contributed by atoms with Crippen molar-refractivity contribution in [2.75, 3.05) is 31.6 Å². The zero-order valence-electron chi connectivity index (χ0n) is 12.3. The molecule has 1 atom stereocenters. The van der Waals surface area contributed by atoms with E-state index in [2.05, 4.69) is 5.32 Å². The molecule has 6 heteroatoms. The van der Waals surface area contributed by atoms with Crippen LogP contribution in [0.1, 0.15) is 24.2 Å². The van der Waals surface area contributed by atoms with Crippen molar-refractivity contribution in [1.82, 2.24) is 4.90 Å². The summed E-state index contributed by atoms with van der Waals surface area (Å²) in [4.78, 5) is 25.0. The summed E-state index contributed by atoms with van der Waals surface area (Å²) in [6, 6.07) is 6.70. The molecule has 0 radical (unpaired) electrons. The van der Waals surface area contributed by atoms with E-state index in [9.17, 15) is 9.59 Å². The third-order valence-corrected chi connectivity index (χ3v) is 3.38. The summed E-state index contributed by atoms with van der Waals surface area (Å²) in [5, 5.41) is 2.65. The minimum absolute atomic E-state index is 0.00920. The SMILES string of the molecule is CC(=O)c1ccc(NC(=O)O[C@@H](C)N2CCOCC2)cc1. The van der Waals surface area contributed by atoms with Crippen LogP contribution >= 0.6 is 0 Å². The van der Waals surface area contributed by atoms with Crippen molar-refractivity contribution >= 4 is 17.6 Å². The van der Waals surface area contributed by atoms with Crippen molar-refractivity contribution in [1.29, 1.82) is 0 Å². The molecule has 21 heavy (non-hydrogen) atoms. The molecule has 1 fully saturated rings. The Morgan fingerprint density at radius 2 is 1.86 bits per heavy atom. The van der Waals surface area contributed by atoms with Gasteiger partial charge >= 0.3 is 6.09 Å². The largest absolute Gasteiger partial charge is 0.430 e. The number of nitrogens with zero attached hydrogens (tertiary/aromatic N) is 1. The van der Waals surface area contributed by atoms with E-state index in [-0.39, 0.29) is 12.0 Å². The van der Waals surface area contributed by atoms with Crippen LogP contribution in [0.2, 0.25) is 0 Å². The van der Waals surface area contributed by atoms with Gasteiger partial charge in [-0.3, -0.25) is 15.0 Å². The van der Waals surface area contributed by atoms with Crippen LogP contribution in [-0.2, 0) is 9.47 Å². The number of ketones is 1. The molecule has 1 N–H and O–H groups in total. The highest BCUT2D eigenvalue weighted by atomic mass is 16.6. The van der Waals surface area contributed by atoms with Gasteiger partial charge in [0.2, 0.25) is 0 Å². The van der Waals surface area contributed by atoms with Gasteiger partial charge in [-0.25, -0.2) is 4.79 Å². The number of rotatable bonds is 4. The first-order chi connectivity index (χ1) is 10.1. The molecule has 1 aliphatic heterocycles. The van der Waals surface area contributed by atoms with Crippen LogP contribution in [-0.4, -0.2) is 49.3 Å². The van der Waals surface area contributed by atoms with Crippen LogP contribution in [0.5, 0.6) is 0 Å². The molecule has 0 aliphatic carbocycles. The average Bonchev–Trinajstić information content (AvgIpc) is 2.48. The van der Waals surface area contributed by atoms with Gasteiger partial charge in [-0.05, 0) is 38.1 Å². The Bertz CT molecular complexity index is 495. The zero-order valence-corrected chi connectivity index (χ0v) is 12.3. The lowest BCUT2D eigenvalue weighted by atomic mass is 10.1. The number of anilines is 1. The number of morpholine rings is 1. The highest BCUT2D eigenvalue weighted by Gasteiger charge is 2.20. The minimum atomic E-state index is -0.510. The summed E-state index contributed by atoms with van der Waals surface area (Å²) in [7, 11) is 0. The lowest BCUT2D eigenvalue weighted by Gasteiger charge is -2.31. The second-order valence-electron chi connectivity index (χ2n) is 4.91. The Balaban J connectivity index is 1.84. The number of hydrogen-bond acceptors (Lipinski definition) is 5. The number of Topliss-reactive ketones (excluding diaryl/α,β-unsaturated/α-hetero) is 1. The molecule has 1 aromatic carbocycles. The third-order valence-electron chi connectivity index (χ3n) is 3.38. The molecule has 1 heterocycles. The molecular formula is C15H20N2O4. The summed E-state index contributed by atoms with van der Waals surface area (Å²) in [5.41, 5.74) is 1.20. The van der Waals surface area contributed by atoms with E-state index in [0.717, 1.165) is 13.1 Å². The Kier molecular flexibility index (Phi) is 5.30. The first kappa shape index (κ1) is 15.5. The quantitative estimate of drug-likeness (QED) is 0.861. The molecule has 0 unspecified atom stereocenters. The molecule has 0 bridgehead atoms. The predicted octanol–water partition coefficient (Wildman–Crippen LogP) is 2.12. The topological polar surface area (TPSA) is 67.9 Å². The van der Waals surface area contributed by atoms with Crippen LogP contribution < -0.4 is 5.32 Å². The molecule has 2 rings (SSSR count). The van der Waals surface area contributed by atoms with Gasteiger partial charge in [0, 0.05) is 24.3 Å². The van der Waals surface area contributed by atoms with E-state index in [1.165, 1.54) is 6.92 Å². The average molecular weight is 292 g/mol. The number of nitrogens with one attached hydrogen (secondary N) is 1. The van der Waals surface area contributed by atoms with Crippen molar-refractivity contribution < 1.29 is 19.1 Å². The van der Waals surface area contributed by atoms with Crippen LogP contribution in [0.4, 0.5) is 10.5 Å². The van der Waals surface area contributed by atoms with Gasteiger partial charge in [0.05, 0.1) is 13.2 Å². The normalized spacial score (nSPS) is 17.0. The van der Waals surface area contributed by atoms with Crippen LogP contribution in [0.3, 0.4) is 0 Å². The smallest absolute Gasteiger partial charge is 0.413 e. The maximum atomic E-state index is 11.8. The molecule has 1 amide bonds. The molecule has 1 aromatic rings. The van der Waals surface area contributed by atoms with Crippen LogP contribution in [0.15, 0.2) is 24.3 Å². The fourth-order valence-electron chi connectivity index (χ4n) is 2.11. The number of carbonyl (C=O) groups excluding carboxylic acids is 2. The van der Waals surface area contributed by atoms with Gasteiger partial charge in [0.1, 0.15) is 0 Å². The first-order valence-corrected chi connectivity index (χ1v) is 6.96. The van der Waals surface area contributed by atoms with Crippen molar-refractivity contribution in [3.05, 3.63) is 29.8 Å². The molecule has 1 aliphatic rings. The summed E-state index contributed by atoms with van der Waals surface area (Å²) < 4.78 is 10.6. The van der Waals surface area contributed by atoms with Crippen LogP contribution in [0, 0.1) is 0 Å². The van der Waals surface area contributed by atoms with Gasteiger partial charge < -0.3 is 9.47 Å². The lowest BCUT2D eigenvalue weighted by molar-refractivity contribution is -0.0525. The van der Waals surface area contributed by atoms with Gasteiger partial charge in [-0.2, -0.15) is 0 Å². The number of amides is 1. The minimum Gasteiger partial charge on any atom is -0.430 e. The van der Waals surface area contributed by atoms with Gasteiger partial charge in [-0.1, -0.05) is 0 Å². The fraction of sp³-hybridized carbons (Fsp3) is 0.467. The Hall–Kier alpha value is -1.92. The van der Waals surface area contributed by atoms with E-state index in [1.807, 2.05) is 11.8 Å². The van der Waals surface area contributed by atoms with E-state index in [1.54, 1.807) is 24.3 Å². The number of ether oxygens (including phenoxy) is 2. The third kappa shape index (κ3) is 4.54. The standard InChI is InChI=1S/C15H20N2O4/c1-11(18)13-3-5-14(6-4-13)16-15(19)21-12(2)17-7-9-20-10-8-17/h3-6,12H,7-10H2,1-2H3,(H,16,19)/t12-/m0/s1. The van der Waals surface area contributed by atoms with Crippen LogP contribution in [0.25, 0.3) is 0 Å². The zero-order chi connectivity index (χ0) is 15.2. The van der Waals surface area contributed by atoms with E-state index in [4.69, 9.17) is 9.47 Å². The fourth-order valence-corrected chi connectivity index (χ4v) is 2.11. The summed E-state index contributed by atoms with van der Waals surface area (Å²) in [6.07, 6.45) is -0.810. The number of hydrogen-bond donors (Lipinski definition) is 1. The molecular weight excluding hydrogens is 272 g/mol. The second kappa shape index (κ2) is 7.19. The summed E-state index contributed by atoms with van der Waals surface area (Å²) in [6.45, 7) is 6.15. The summed E-state index contributed by atoms with van der Waals surface area (Å²) in [5.74, 6) is -0.00920. The first-order valence-electron chi connectivity index (χ1n) is 6.96. The monoisotopic (exact) mass is 292 g/mol. The van der Waals surface area contributed by atoms with E-state index in [0.29, 0.717) is 24.5 Å². The highest BCUT2D eigenvalue weighted by Crippen LogP contribution is 2.12. The molecule has 114 valence electrons. The number of benzene rings is 1. The Morgan fingerprint density at radius 3 is 2.43 bits per heavy atom. The molecule has 0 aromatic heterocycles. The molecule has 1 saturated heterocycles. The maximum Gasteiger partial charge on any atom is 0.413 e. The molecule has 0 saturated carbocycles. The maximum absolute atomic E-state index is 11.8. The Labute approximate surface area is 124 Å². The van der Waals surface area contributed by atoms with Gasteiger partial charge in [0.25, 0.3) is 0 Å². The predicted molar refractivity (Wildman–Crippen MR) is 78.4 cm³/mol. The van der Waals surface area contributed by atoms with Crippen molar-refractivity contribution in [3.8, 4) is 0 Å². The van der Waals surface area contributed by atoms with E-state index >= 15 is 0 Å². The molecule has 0 spiro atoms. The van der Waals surface area contributed by atoms with Crippen molar-refractivity contribution in [3.63, 3.8) is 0 Å². The van der Waals surface area contributed by atoms with Crippen molar-refractivity contribution in [2.24, 2.45) is 0 Å².